The number of nitrogens with zero attached hydrogens (tertiary/aromatic N) is 3. The van der Waals surface area contributed by atoms with Crippen LogP contribution in [0.4, 0.5) is 0 Å². The molecule has 2 rings (SSSR count). The Kier molecular flexibility index (Phi) is 4.20. The number of rotatable bonds is 6. The zero-order valence-electron chi connectivity index (χ0n) is 11.4. The Morgan fingerprint density at radius 2 is 2.28 bits per heavy atom. The molecule has 0 aromatic carbocycles. The second-order valence-electron chi connectivity index (χ2n) is 4.76. The van der Waals surface area contributed by atoms with Gasteiger partial charge in [-0.2, -0.15) is 5.10 Å². The number of hydrogen-bond acceptors (Lipinski definition) is 2. The van der Waals surface area contributed by atoms with E-state index < -0.39 is 0 Å². The lowest BCUT2D eigenvalue weighted by Crippen LogP contribution is -2.22. The predicted octanol–water partition coefficient (Wildman–Crippen LogP) is 2.33. The average molecular weight is 246 g/mol. The van der Waals surface area contributed by atoms with Crippen LogP contribution in [-0.2, 0) is 13.6 Å². The first kappa shape index (κ1) is 12.9. The third kappa shape index (κ3) is 3.01. The smallest absolute Gasteiger partial charge is 0.0539 e. The highest BCUT2D eigenvalue weighted by Gasteiger charge is 2.09. The number of hydrogen-bond donors (Lipinski definition) is 1. The van der Waals surface area contributed by atoms with Crippen LogP contribution in [0.5, 0.6) is 0 Å². The molecule has 0 radical (unpaired) electrons. The van der Waals surface area contributed by atoms with Crippen LogP contribution in [-0.4, -0.2) is 20.9 Å². The summed E-state index contributed by atoms with van der Waals surface area (Å²) < 4.78 is 4.13. The quantitative estimate of drug-likeness (QED) is 0.849. The van der Waals surface area contributed by atoms with E-state index in [1.54, 1.807) is 0 Å². The van der Waals surface area contributed by atoms with E-state index in [1.165, 1.54) is 11.3 Å². The fourth-order valence-corrected chi connectivity index (χ4v) is 2.18. The molecule has 1 unspecified atom stereocenters. The van der Waals surface area contributed by atoms with Crippen LogP contribution in [0.3, 0.4) is 0 Å². The Balaban J connectivity index is 2.07. The molecule has 18 heavy (non-hydrogen) atoms. The molecule has 0 fully saturated rings. The molecule has 0 amide bonds. The number of aromatic nitrogens is 3. The van der Waals surface area contributed by atoms with E-state index in [0.29, 0.717) is 6.04 Å². The third-order valence-electron chi connectivity index (χ3n) is 3.12. The Hall–Kier alpha value is -1.55. The maximum atomic E-state index is 4.21. The molecule has 1 atom stereocenters. The van der Waals surface area contributed by atoms with Gasteiger partial charge in [-0.25, -0.2) is 0 Å². The highest BCUT2D eigenvalue weighted by molar-refractivity contribution is 5.15. The summed E-state index contributed by atoms with van der Waals surface area (Å²) in [6.07, 6.45) is 7.28. The average Bonchev–Trinajstić information content (AvgIpc) is 2.96. The SMILES string of the molecule is CCCNC(C)c1cccn1Cc1cnn(C)c1. The summed E-state index contributed by atoms with van der Waals surface area (Å²) in [5, 5.41) is 7.73. The van der Waals surface area contributed by atoms with Crippen LogP contribution in [0.15, 0.2) is 30.7 Å². The topological polar surface area (TPSA) is 34.8 Å². The molecule has 98 valence electrons. The van der Waals surface area contributed by atoms with Gasteiger partial charge in [0.05, 0.1) is 12.7 Å². The van der Waals surface area contributed by atoms with E-state index in [1.807, 2.05) is 17.9 Å². The number of aryl methyl sites for hydroxylation is 1. The van der Waals surface area contributed by atoms with Crippen molar-refractivity contribution in [2.45, 2.75) is 32.9 Å². The van der Waals surface area contributed by atoms with Crippen molar-refractivity contribution in [3.05, 3.63) is 42.0 Å². The van der Waals surface area contributed by atoms with Gasteiger partial charge in [0.15, 0.2) is 0 Å². The summed E-state index contributed by atoms with van der Waals surface area (Å²) in [5.74, 6) is 0. The second-order valence-corrected chi connectivity index (χ2v) is 4.76. The van der Waals surface area contributed by atoms with E-state index in [0.717, 1.165) is 19.5 Å². The zero-order chi connectivity index (χ0) is 13.0. The summed E-state index contributed by atoms with van der Waals surface area (Å²) in [4.78, 5) is 0. The van der Waals surface area contributed by atoms with Crippen molar-refractivity contribution >= 4 is 0 Å². The molecular formula is C14H22N4. The molecule has 4 nitrogen and oxygen atoms in total. The molecule has 2 aromatic heterocycles. The second kappa shape index (κ2) is 5.87. The normalized spacial score (nSPS) is 12.8. The van der Waals surface area contributed by atoms with Crippen LogP contribution in [0.1, 0.15) is 37.6 Å². The first-order valence-corrected chi connectivity index (χ1v) is 6.56. The lowest BCUT2D eigenvalue weighted by atomic mass is 10.2. The van der Waals surface area contributed by atoms with Gasteiger partial charge in [0.1, 0.15) is 0 Å². The predicted molar refractivity (Wildman–Crippen MR) is 73.5 cm³/mol. The van der Waals surface area contributed by atoms with Crippen molar-refractivity contribution in [3.8, 4) is 0 Å². The molecule has 2 heterocycles. The maximum Gasteiger partial charge on any atom is 0.0539 e. The minimum Gasteiger partial charge on any atom is -0.345 e. The maximum absolute atomic E-state index is 4.21. The van der Waals surface area contributed by atoms with Gasteiger partial charge in [-0.3, -0.25) is 4.68 Å². The van der Waals surface area contributed by atoms with Crippen LogP contribution >= 0.6 is 0 Å². The molecule has 4 heteroatoms. The van der Waals surface area contributed by atoms with Crippen molar-refractivity contribution < 1.29 is 0 Å². The molecule has 0 aliphatic rings. The van der Waals surface area contributed by atoms with Gasteiger partial charge < -0.3 is 9.88 Å². The van der Waals surface area contributed by atoms with Gasteiger partial charge in [-0.05, 0) is 32.0 Å². The monoisotopic (exact) mass is 246 g/mol. The Labute approximate surface area is 109 Å². The summed E-state index contributed by atoms with van der Waals surface area (Å²) in [7, 11) is 1.95. The van der Waals surface area contributed by atoms with Crippen LogP contribution < -0.4 is 5.32 Å². The van der Waals surface area contributed by atoms with Crippen LogP contribution in [0.25, 0.3) is 0 Å². The molecular weight excluding hydrogens is 224 g/mol. The molecule has 0 aliphatic heterocycles. The first-order chi connectivity index (χ1) is 8.70. The zero-order valence-corrected chi connectivity index (χ0v) is 11.4. The van der Waals surface area contributed by atoms with E-state index in [-0.39, 0.29) is 0 Å². The number of nitrogens with one attached hydrogen (secondary N) is 1. The summed E-state index contributed by atoms with van der Waals surface area (Å²) >= 11 is 0. The van der Waals surface area contributed by atoms with E-state index in [9.17, 15) is 0 Å². The molecule has 1 N–H and O–H groups in total. The van der Waals surface area contributed by atoms with E-state index in [4.69, 9.17) is 0 Å². The standard InChI is InChI=1S/C14H22N4/c1-4-7-15-12(2)14-6-5-8-18(14)11-13-9-16-17(3)10-13/h5-6,8-10,12,15H,4,7,11H2,1-3H3. The van der Waals surface area contributed by atoms with Gasteiger partial charge in [0.2, 0.25) is 0 Å². The van der Waals surface area contributed by atoms with Gasteiger partial charge in [-0.1, -0.05) is 6.92 Å². The molecule has 2 aromatic rings. The van der Waals surface area contributed by atoms with Gasteiger partial charge in [-0.15, -0.1) is 0 Å². The van der Waals surface area contributed by atoms with Crippen molar-refractivity contribution in [3.63, 3.8) is 0 Å². The highest BCUT2D eigenvalue weighted by atomic mass is 15.2. The van der Waals surface area contributed by atoms with Crippen molar-refractivity contribution in [2.75, 3.05) is 6.54 Å². The molecule has 0 saturated carbocycles. The first-order valence-electron chi connectivity index (χ1n) is 6.56. The fraction of sp³-hybridized carbons (Fsp3) is 0.500. The Bertz CT molecular complexity index is 483. The van der Waals surface area contributed by atoms with Crippen molar-refractivity contribution in [1.82, 2.24) is 19.7 Å². The molecule has 0 saturated heterocycles. The summed E-state index contributed by atoms with van der Waals surface area (Å²) in [5.41, 5.74) is 2.56. The Morgan fingerprint density at radius 3 is 2.94 bits per heavy atom. The molecule has 0 aliphatic carbocycles. The third-order valence-corrected chi connectivity index (χ3v) is 3.12. The van der Waals surface area contributed by atoms with Gasteiger partial charge in [0, 0.05) is 36.7 Å². The molecule has 0 bridgehead atoms. The van der Waals surface area contributed by atoms with Gasteiger partial charge >= 0.3 is 0 Å². The summed E-state index contributed by atoms with van der Waals surface area (Å²) in [6.45, 7) is 6.34. The van der Waals surface area contributed by atoms with Crippen LogP contribution in [0.2, 0.25) is 0 Å². The highest BCUT2D eigenvalue weighted by Crippen LogP contribution is 2.15. The van der Waals surface area contributed by atoms with Gasteiger partial charge in [0.25, 0.3) is 0 Å². The van der Waals surface area contributed by atoms with Crippen molar-refractivity contribution in [1.29, 1.82) is 0 Å². The fourth-order valence-electron chi connectivity index (χ4n) is 2.18. The molecule has 0 spiro atoms. The minimum atomic E-state index is 0.386. The lowest BCUT2D eigenvalue weighted by Gasteiger charge is -2.16. The Morgan fingerprint density at radius 1 is 1.44 bits per heavy atom. The van der Waals surface area contributed by atoms with E-state index >= 15 is 0 Å². The van der Waals surface area contributed by atoms with Crippen LogP contribution in [0, 0.1) is 0 Å². The minimum absolute atomic E-state index is 0.386. The lowest BCUT2D eigenvalue weighted by molar-refractivity contribution is 0.534. The largest absolute Gasteiger partial charge is 0.345 e. The van der Waals surface area contributed by atoms with E-state index in [2.05, 4.69) is 53.4 Å². The summed E-state index contributed by atoms with van der Waals surface area (Å²) in [6, 6.07) is 4.68. The van der Waals surface area contributed by atoms with Crippen molar-refractivity contribution in [2.24, 2.45) is 7.05 Å².